The molecular weight excluding hydrogens is 302 g/mol. The van der Waals surface area contributed by atoms with Crippen molar-refractivity contribution in [3.8, 4) is 0 Å². The fourth-order valence-corrected chi connectivity index (χ4v) is 2.67. The molecule has 0 aliphatic rings. The smallest absolute Gasteiger partial charge is 0.270 e. The lowest BCUT2D eigenvalue weighted by Gasteiger charge is -2.23. The number of likely N-dealkylation sites (N-methyl/N-ethyl adjacent to an activating group) is 2. The van der Waals surface area contributed by atoms with Gasteiger partial charge in [-0.15, -0.1) is 0 Å². The highest BCUT2D eigenvalue weighted by Crippen LogP contribution is 2.10. The molecule has 5 nitrogen and oxygen atoms in total. The minimum atomic E-state index is -0.142. The number of amides is 2. The highest BCUT2D eigenvalue weighted by atomic mass is 16.2. The van der Waals surface area contributed by atoms with E-state index in [2.05, 4.69) is 0 Å². The third-order valence-electron chi connectivity index (χ3n) is 4.08. The van der Waals surface area contributed by atoms with Crippen LogP contribution in [0.2, 0.25) is 0 Å². The molecule has 5 heteroatoms. The molecule has 128 valence electrons. The SMILES string of the molecule is CCN(CC)C(=O)CN(C)C(=O)c1cccn1Cc1ccccc1. The van der Waals surface area contributed by atoms with Crippen LogP contribution in [-0.2, 0) is 11.3 Å². The van der Waals surface area contributed by atoms with Gasteiger partial charge >= 0.3 is 0 Å². The van der Waals surface area contributed by atoms with E-state index in [4.69, 9.17) is 0 Å². The van der Waals surface area contributed by atoms with Gasteiger partial charge in [0.25, 0.3) is 5.91 Å². The van der Waals surface area contributed by atoms with Crippen LogP contribution in [0, 0.1) is 0 Å². The third-order valence-corrected chi connectivity index (χ3v) is 4.08. The highest BCUT2D eigenvalue weighted by Gasteiger charge is 2.20. The molecule has 0 saturated carbocycles. The Morgan fingerprint density at radius 1 is 1.00 bits per heavy atom. The van der Waals surface area contributed by atoms with Crippen molar-refractivity contribution in [2.75, 3.05) is 26.7 Å². The van der Waals surface area contributed by atoms with Gasteiger partial charge in [-0.2, -0.15) is 0 Å². The predicted molar refractivity (Wildman–Crippen MR) is 94.9 cm³/mol. The molecule has 0 atom stereocenters. The van der Waals surface area contributed by atoms with Gasteiger partial charge in [-0.3, -0.25) is 9.59 Å². The molecule has 0 aliphatic carbocycles. The number of hydrogen-bond acceptors (Lipinski definition) is 2. The second-order valence-electron chi connectivity index (χ2n) is 5.73. The maximum atomic E-state index is 12.7. The highest BCUT2D eigenvalue weighted by molar-refractivity contribution is 5.95. The minimum absolute atomic E-state index is 0.0305. The van der Waals surface area contributed by atoms with Crippen LogP contribution in [0.1, 0.15) is 29.9 Å². The molecule has 0 aliphatic heterocycles. The van der Waals surface area contributed by atoms with E-state index < -0.39 is 0 Å². The molecule has 2 rings (SSSR count). The van der Waals surface area contributed by atoms with E-state index in [-0.39, 0.29) is 18.4 Å². The van der Waals surface area contributed by atoms with E-state index in [1.54, 1.807) is 18.0 Å². The second-order valence-corrected chi connectivity index (χ2v) is 5.73. The fraction of sp³-hybridized carbons (Fsp3) is 0.368. The number of benzene rings is 1. The van der Waals surface area contributed by atoms with Crippen LogP contribution in [0.4, 0.5) is 0 Å². The van der Waals surface area contributed by atoms with Crippen LogP contribution in [0.15, 0.2) is 48.7 Å². The number of carbonyl (C=O) groups is 2. The molecule has 0 spiro atoms. The standard InChI is InChI=1S/C19H25N3O2/c1-4-21(5-2)18(23)15-20(3)19(24)17-12-9-13-22(17)14-16-10-7-6-8-11-16/h6-13H,4-5,14-15H2,1-3H3. The van der Waals surface area contributed by atoms with Crippen molar-refractivity contribution >= 4 is 11.8 Å². The Morgan fingerprint density at radius 2 is 1.67 bits per heavy atom. The Kier molecular flexibility index (Phi) is 6.18. The zero-order valence-corrected chi connectivity index (χ0v) is 14.6. The molecule has 0 unspecified atom stereocenters. The summed E-state index contributed by atoms with van der Waals surface area (Å²) in [7, 11) is 1.67. The van der Waals surface area contributed by atoms with Crippen molar-refractivity contribution in [3.63, 3.8) is 0 Å². The topological polar surface area (TPSA) is 45.6 Å². The summed E-state index contributed by atoms with van der Waals surface area (Å²) < 4.78 is 1.91. The van der Waals surface area contributed by atoms with Crippen molar-refractivity contribution in [2.45, 2.75) is 20.4 Å². The first-order valence-electron chi connectivity index (χ1n) is 8.29. The lowest BCUT2D eigenvalue weighted by atomic mass is 10.2. The Morgan fingerprint density at radius 3 is 2.29 bits per heavy atom. The summed E-state index contributed by atoms with van der Waals surface area (Å²) in [5.41, 5.74) is 1.72. The fourth-order valence-electron chi connectivity index (χ4n) is 2.67. The number of nitrogens with zero attached hydrogens (tertiary/aromatic N) is 3. The number of hydrogen-bond donors (Lipinski definition) is 0. The molecule has 0 radical (unpaired) electrons. The molecule has 0 bridgehead atoms. The number of carbonyl (C=O) groups excluding carboxylic acids is 2. The summed E-state index contributed by atoms with van der Waals surface area (Å²) in [6.07, 6.45) is 1.89. The summed E-state index contributed by atoms with van der Waals surface area (Å²) in [4.78, 5) is 28.1. The Balaban J connectivity index is 2.07. The summed E-state index contributed by atoms with van der Waals surface area (Å²) in [5.74, 6) is -0.173. The van der Waals surface area contributed by atoms with Crippen molar-refractivity contribution in [3.05, 3.63) is 59.9 Å². The predicted octanol–water partition coefficient (Wildman–Crippen LogP) is 2.48. The normalized spacial score (nSPS) is 10.5. The van der Waals surface area contributed by atoms with Crippen LogP contribution in [-0.4, -0.2) is 52.9 Å². The van der Waals surface area contributed by atoms with E-state index in [0.717, 1.165) is 5.56 Å². The first-order valence-corrected chi connectivity index (χ1v) is 8.29. The van der Waals surface area contributed by atoms with E-state index in [0.29, 0.717) is 25.3 Å². The van der Waals surface area contributed by atoms with Crippen molar-refractivity contribution in [1.82, 2.24) is 14.4 Å². The Hall–Kier alpha value is -2.56. The van der Waals surface area contributed by atoms with E-state index in [1.165, 1.54) is 4.90 Å². The lowest BCUT2D eigenvalue weighted by Crippen LogP contribution is -2.41. The molecular formula is C19H25N3O2. The quantitative estimate of drug-likeness (QED) is 0.784. The van der Waals surface area contributed by atoms with Gasteiger partial charge in [-0.05, 0) is 31.5 Å². The maximum absolute atomic E-state index is 12.7. The molecule has 2 amide bonds. The zero-order chi connectivity index (χ0) is 17.5. The Bertz CT molecular complexity index is 675. The molecule has 0 N–H and O–H groups in total. The zero-order valence-electron chi connectivity index (χ0n) is 14.6. The van der Waals surface area contributed by atoms with Crippen molar-refractivity contribution in [2.24, 2.45) is 0 Å². The van der Waals surface area contributed by atoms with Gasteiger partial charge in [-0.25, -0.2) is 0 Å². The summed E-state index contributed by atoms with van der Waals surface area (Å²) in [6, 6.07) is 13.6. The number of rotatable bonds is 7. The second kappa shape index (κ2) is 8.34. The summed E-state index contributed by atoms with van der Waals surface area (Å²) in [6.45, 7) is 5.91. The van der Waals surface area contributed by atoms with Gasteiger partial charge < -0.3 is 14.4 Å². The van der Waals surface area contributed by atoms with Crippen molar-refractivity contribution in [1.29, 1.82) is 0 Å². The largest absolute Gasteiger partial charge is 0.342 e. The average molecular weight is 327 g/mol. The average Bonchev–Trinajstić information content (AvgIpc) is 3.04. The molecule has 2 aromatic rings. The first kappa shape index (κ1) is 17.8. The van der Waals surface area contributed by atoms with Gasteiger partial charge in [0.15, 0.2) is 0 Å². The van der Waals surface area contributed by atoms with Crippen LogP contribution in [0.3, 0.4) is 0 Å². The molecule has 1 aromatic heterocycles. The molecule has 1 aromatic carbocycles. The summed E-state index contributed by atoms with van der Waals surface area (Å²) >= 11 is 0. The summed E-state index contributed by atoms with van der Waals surface area (Å²) in [5, 5.41) is 0. The van der Waals surface area contributed by atoms with Gasteiger partial charge in [-0.1, -0.05) is 30.3 Å². The number of aromatic nitrogens is 1. The van der Waals surface area contributed by atoms with Gasteiger partial charge in [0.05, 0.1) is 6.54 Å². The molecule has 0 saturated heterocycles. The van der Waals surface area contributed by atoms with Crippen LogP contribution < -0.4 is 0 Å². The minimum Gasteiger partial charge on any atom is -0.342 e. The first-order chi connectivity index (χ1) is 11.6. The molecule has 0 fully saturated rings. The van der Waals surface area contributed by atoms with Crippen LogP contribution in [0.5, 0.6) is 0 Å². The Labute approximate surface area is 143 Å². The molecule has 24 heavy (non-hydrogen) atoms. The van der Waals surface area contributed by atoms with E-state index in [1.807, 2.05) is 61.0 Å². The molecule has 1 heterocycles. The van der Waals surface area contributed by atoms with Gasteiger partial charge in [0.1, 0.15) is 5.69 Å². The van der Waals surface area contributed by atoms with E-state index >= 15 is 0 Å². The van der Waals surface area contributed by atoms with Crippen LogP contribution in [0.25, 0.3) is 0 Å². The van der Waals surface area contributed by atoms with E-state index in [9.17, 15) is 9.59 Å². The van der Waals surface area contributed by atoms with Crippen LogP contribution >= 0.6 is 0 Å². The van der Waals surface area contributed by atoms with Gasteiger partial charge in [0.2, 0.25) is 5.91 Å². The monoisotopic (exact) mass is 327 g/mol. The third kappa shape index (κ3) is 4.25. The van der Waals surface area contributed by atoms with Crippen molar-refractivity contribution < 1.29 is 9.59 Å². The lowest BCUT2D eigenvalue weighted by molar-refractivity contribution is -0.131. The maximum Gasteiger partial charge on any atom is 0.270 e. The van der Waals surface area contributed by atoms with Gasteiger partial charge in [0, 0.05) is 32.9 Å².